The first kappa shape index (κ1) is 30.7. The van der Waals surface area contributed by atoms with Gasteiger partial charge in [-0.3, -0.25) is 0 Å². The molecule has 5 nitrogen and oxygen atoms in total. The Morgan fingerprint density at radius 1 is 0.636 bits per heavy atom. The van der Waals surface area contributed by atoms with Crippen LogP contribution in [0.4, 0.5) is 5.69 Å². The van der Waals surface area contributed by atoms with Crippen LogP contribution in [0.5, 0.6) is 23.0 Å². The van der Waals surface area contributed by atoms with E-state index in [1.54, 1.807) is 21.0 Å². The van der Waals surface area contributed by atoms with Crippen molar-refractivity contribution in [1.82, 2.24) is 0 Å². The van der Waals surface area contributed by atoms with Gasteiger partial charge in [-0.1, -0.05) is 91.0 Å². The molecule has 0 heterocycles. The van der Waals surface area contributed by atoms with Crippen molar-refractivity contribution >= 4 is 5.69 Å². The Bertz CT molecular complexity index is 1600. The topological polar surface area (TPSA) is 51.2 Å². The molecule has 5 heteroatoms. The molecule has 0 aliphatic carbocycles. The lowest BCUT2D eigenvalue weighted by Crippen LogP contribution is -2.22. The number of hydrogen-bond donors (Lipinski definition) is 1. The van der Waals surface area contributed by atoms with E-state index in [9.17, 15) is 5.11 Å². The molecule has 0 atom stereocenters. The molecule has 5 aromatic rings. The third kappa shape index (κ3) is 7.42. The molecule has 0 radical (unpaired) electrons. The summed E-state index contributed by atoms with van der Waals surface area (Å²) in [4.78, 5) is 2.39. The highest BCUT2D eigenvalue weighted by Crippen LogP contribution is 2.46. The van der Waals surface area contributed by atoms with Crippen LogP contribution in [0.1, 0.15) is 47.2 Å². The number of nitrogens with zero attached hydrogens (tertiary/aromatic N) is 1. The third-order valence-electron chi connectivity index (χ3n) is 7.59. The van der Waals surface area contributed by atoms with E-state index in [2.05, 4.69) is 79.4 Å². The molecule has 5 rings (SSSR count). The Labute approximate surface area is 261 Å². The molecule has 0 unspecified atom stereocenters. The van der Waals surface area contributed by atoms with Gasteiger partial charge >= 0.3 is 0 Å². The first-order valence-corrected chi connectivity index (χ1v) is 15.0. The number of hydrogen-bond acceptors (Lipinski definition) is 5. The third-order valence-corrected chi connectivity index (χ3v) is 7.59. The minimum Gasteiger partial charge on any atom is -0.492 e. The molecule has 0 saturated heterocycles. The van der Waals surface area contributed by atoms with Crippen LogP contribution < -0.4 is 19.1 Å². The first-order chi connectivity index (χ1) is 21.2. The number of aryl methyl sites for hydroxylation is 2. The van der Waals surface area contributed by atoms with Gasteiger partial charge in [0.1, 0.15) is 18.1 Å². The summed E-state index contributed by atoms with van der Waals surface area (Å²) in [6.45, 7) is 9.51. The van der Waals surface area contributed by atoms with Crippen molar-refractivity contribution < 1.29 is 19.3 Å². The maximum atomic E-state index is 11.2. The average Bonchev–Trinajstić information content (AvgIpc) is 3.02. The number of methoxy groups -OCH3 is 1. The van der Waals surface area contributed by atoms with Crippen LogP contribution in [0.2, 0.25) is 0 Å². The van der Waals surface area contributed by atoms with Gasteiger partial charge in [0, 0.05) is 18.8 Å². The highest BCUT2D eigenvalue weighted by Gasteiger charge is 2.29. The van der Waals surface area contributed by atoms with Gasteiger partial charge in [0.05, 0.1) is 18.3 Å². The predicted molar refractivity (Wildman–Crippen MR) is 178 cm³/mol. The van der Waals surface area contributed by atoms with E-state index in [4.69, 9.17) is 14.2 Å². The van der Waals surface area contributed by atoms with E-state index in [0.29, 0.717) is 29.4 Å². The zero-order valence-corrected chi connectivity index (χ0v) is 26.2. The Morgan fingerprint density at radius 2 is 1.11 bits per heavy atom. The van der Waals surface area contributed by atoms with Gasteiger partial charge in [0.15, 0.2) is 11.5 Å². The minimum absolute atomic E-state index is 0.370. The van der Waals surface area contributed by atoms with Gasteiger partial charge in [-0.05, 0) is 79.8 Å². The Hall–Kier alpha value is -4.74. The maximum Gasteiger partial charge on any atom is 0.171 e. The van der Waals surface area contributed by atoms with E-state index >= 15 is 0 Å². The number of anilines is 1. The second kappa shape index (κ2) is 13.7. The fourth-order valence-electron chi connectivity index (χ4n) is 5.49. The second-order valence-corrected chi connectivity index (χ2v) is 11.6. The van der Waals surface area contributed by atoms with E-state index in [1.165, 1.54) is 11.1 Å². The predicted octanol–water partition coefficient (Wildman–Crippen LogP) is 9.12. The molecule has 0 bridgehead atoms. The quantitative estimate of drug-likeness (QED) is 0.158. The molecule has 0 saturated carbocycles. The van der Waals surface area contributed by atoms with Crippen molar-refractivity contribution in [2.75, 3.05) is 12.0 Å². The van der Waals surface area contributed by atoms with Gasteiger partial charge in [-0.15, -0.1) is 0 Å². The zero-order chi connectivity index (χ0) is 31.1. The largest absolute Gasteiger partial charge is 0.492 e. The van der Waals surface area contributed by atoms with Crippen LogP contribution in [0.15, 0.2) is 115 Å². The number of aliphatic hydroxyl groups is 1. The van der Waals surface area contributed by atoms with Gasteiger partial charge in [-0.25, -0.2) is 0 Å². The highest BCUT2D eigenvalue weighted by molar-refractivity contribution is 5.61. The van der Waals surface area contributed by atoms with Crippen molar-refractivity contribution in [3.05, 3.63) is 149 Å². The molecule has 1 N–H and O–H groups in total. The van der Waals surface area contributed by atoms with E-state index in [-0.39, 0.29) is 0 Å². The summed E-state index contributed by atoms with van der Waals surface area (Å²) in [7, 11) is 1.59. The summed E-state index contributed by atoms with van der Waals surface area (Å²) >= 11 is 0. The smallest absolute Gasteiger partial charge is 0.171 e. The zero-order valence-electron chi connectivity index (χ0n) is 26.2. The van der Waals surface area contributed by atoms with Crippen molar-refractivity contribution in [3.8, 4) is 23.0 Å². The van der Waals surface area contributed by atoms with Crippen molar-refractivity contribution in [2.24, 2.45) is 0 Å². The summed E-state index contributed by atoms with van der Waals surface area (Å²) in [5.41, 5.74) is 5.96. The van der Waals surface area contributed by atoms with Crippen LogP contribution in [0.3, 0.4) is 0 Å². The van der Waals surface area contributed by atoms with Gasteiger partial charge < -0.3 is 24.2 Å². The Balaban J connectivity index is 1.46. The van der Waals surface area contributed by atoms with Crippen molar-refractivity contribution in [2.45, 2.75) is 53.0 Å². The normalized spacial score (nSPS) is 11.2. The molecule has 5 aromatic carbocycles. The SMILES string of the molecule is COc1c(Oc2c(C)cc(N(Cc3ccccc3)Cc3ccccc3)cc2C)ccc(OCc2ccccc2)c1C(C)(C)O. The minimum atomic E-state index is -1.24. The molecule has 0 amide bonds. The average molecular weight is 588 g/mol. The van der Waals surface area contributed by atoms with Crippen LogP contribution in [0, 0.1) is 13.8 Å². The summed E-state index contributed by atoms with van der Waals surface area (Å²) in [5.74, 6) is 2.26. The number of ether oxygens (including phenoxy) is 3. The summed E-state index contributed by atoms with van der Waals surface area (Å²) in [6.07, 6.45) is 0. The first-order valence-electron chi connectivity index (χ1n) is 15.0. The van der Waals surface area contributed by atoms with Crippen molar-refractivity contribution in [3.63, 3.8) is 0 Å². The monoisotopic (exact) mass is 587 g/mol. The van der Waals surface area contributed by atoms with E-state index in [0.717, 1.165) is 41.2 Å². The molecular formula is C39H41NO4. The molecular weight excluding hydrogens is 546 g/mol. The fraction of sp³-hybridized carbons (Fsp3) is 0.231. The maximum absolute atomic E-state index is 11.2. The molecule has 0 aliphatic rings. The number of benzene rings is 5. The molecule has 0 aliphatic heterocycles. The van der Waals surface area contributed by atoms with Gasteiger partial charge in [-0.2, -0.15) is 0 Å². The lowest BCUT2D eigenvalue weighted by atomic mass is 9.95. The van der Waals surface area contributed by atoms with Crippen LogP contribution in [-0.4, -0.2) is 12.2 Å². The molecule has 0 aromatic heterocycles. The van der Waals surface area contributed by atoms with Crippen LogP contribution in [-0.2, 0) is 25.3 Å². The summed E-state index contributed by atoms with van der Waals surface area (Å²) in [5, 5.41) is 11.2. The summed E-state index contributed by atoms with van der Waals surface area (Å²) < 4.78 is 18.6. The number of rotatable bonds is 12. The summed E-state index contributed by atoms with van der Waals surface area (Å²) in [6, 6.07) is 39.0. The van der Waals surface area contributed by atoms with Gasteiger partial charge in [0.2, 0.25) is 0 Å². The van der Waals surface area contributed by atoms with Crippen LogP contribution in [0.25, 0.3) is 0 Å². The highest BCUT2D eigenvalue weighted by atomic mass is 16.5. The van der Waals surface area contributed by atoms with E-state index < -0.39 is 5.60 Å². The molecule has 0 fully saturated rings. The molecule has 226 valence electrons. The lowest BCUT2D eigenvalue weighted by molar-refractivity contribution is 0.0708. The second-order valence-electron chi connectivity index (χ2n) is 11.6. The standard InChI is InChI=1S/C39H41NO4/c1-28-23-33(40(25-30-15-9-6-10-16-30)26-31-17-11-7-12-18-31)24-29(2)37(28)44-35-22-21-34(36(38(35)42-5)39(3,4)41)43-27-32-19-13-8-14-20-32/h6-24,41H,25-27H2,1-5H3. The lowest BCUT2D eigenvalue weighted by Gasteiger charge is -2.28. The van der Waals surface area contributed by atoms with Crippen LogP contribution >= 0.6 is 0 Å². The molecule has 0 spiro atoms. The van der Waals surface area contributed by atoms with E-state index in [1.807, 2.05) is 54.6 Å². The Kier molecular flexibility index (Phi) is 9.56. The van der Waals surface area contributed by atoms with Gasteiger partial charge in [0.25, 0.3) is 0 Å². The fourth-order valence-corrected chi connectivity index (χ4v) is 5.49. The Morgan fingerprint density at radius 3 is 1.59 bits per heavy atom. The molecule has 44 heavy (non-hydrogen) atoms. The van der Waals surface area contributed by atoms with Crippen molar-refractivity contribution in [1.29, 1.82) is 0 Å².